The van der Waals surface area contributed by atoms with Gasteiger partial charge in [-0.25, -0.2) is 23.4 Å². The summed E-state index contributed by atoms with van der Waals surface area (Å²) in [6.45, 7) is 2.63. The number of nitrogens with zero attached hydrogens (tertiary/aromatic N) is 5. The number of hydrogen-bond acceptors (Lipinski definition) is 6. The fourth-order valence-electron chi connectivity index (χ4n) is 2.28. The van der Waals surface area contributed by atoms with E-state index in [0.717, 1.165) is 5.69 Å². The summed E-state index contributed by atoms with van der Waals surface area (Å²) in [6, 6.07) is 1.79. The van der Waals surface area contributed by atoms with Crippen LogP contribution in [-0.2, 0) is 21.8 Å². The first-order valence-corrected chi connectivity index (χ1v) is 8.30. The first kappa shape index (κ1) is 15.1. The minimum atomic E-state index is -3.63. The molecule has 22 heavy (non-hydrogen) atoms. The van der Waals surface area contributed by atoms with Gasteiger partial charge in [0.1, 0.15) is 6.10 Å². The van der Waals surface area contributed by atoms with Crippen molar-refractivity contribution >= 4 is 10.0 Å². The Balaban J connectivity index is 1.84. The predicted molar refractivity (Wildman–Crippen MR) is 77.4 cm³/mol. The van der Waals surface area contributed by atoms with E-state index in [0.29, 0.717) is 19.0 Å². The molecule has 8 nitrogen and oxygen atoms in total. The number of imidazole rings is 1. The van der Waals surface area contributed by atoms with Crippen LogP contribution in [0.2, 0.25) is 0 Å². The molecule has 9 heteroatoms. The van der Waals surface area contributed by atoms with Crippen LogP contribution in [0.15, 0.2) is 29.8 Å². The second kappa shape index (κ2) is 5.75. The van der Waals surface area contributed by atoms with Gasteiger partial charge in [-0.15, -0.1) is 0 Å². The van der Waals surface area contributed by atoms with Gasteiger partial charge in [-0.1, -0.05) is 0 Å². The van der Waals surface area contributed by atoms with E-state index in [-0.39, 0.29) is 11.6 Å². The largest absolute Gasteiger partial charge is 0.367 e. The molecule has 2 aromatic heterocycles. The summed E-state index contributed by atoms with van der Waals surface area (Å²) >= 11 is 0. The molecule has 1 saturated heterocycles. The molecule has 0 unspecified atom stereocenters. The topological polar surface area (TPSA) is 90.2 Å². The smallest absolute Gasteiger partial charge is 0.262 e. The summed E-state index contributed by atoms with van der Waals surface area (Å²) in [6.07, 6.45) is 4.14. The highest BCUT2D eigenvalue weighted by molar-refractivity contribution is 7.89. The molecule has 0 spiro atoms. The van der Waals surface area contributed by atoms with E-state index >= 15 is 0 Å². The first-order valence-electron chi connectivity index (χ1n) is 6.86. The van der Waals surface area contributed by atoms with Crippen LogP contribution in [0.3, 0.4) is 0 Å². The molecule has 118 valence electrons. The van der Waals surface area contributed by atoms with Crippen molar-refractivity contribution in [3.8, 4) is 0 Å². The molecule has 2 aromatic rings. The van der Waals surface area contributed by atoms with Gasteiger partial charge in [0.2, 0.25) is 0 Å². The zero-order chi connectivity index (χ0) is 15.7. The van der Waals surface area contributed by atoms with Gasteiger partial charge in [-0.3, -0.25) is 0 Å². The molecule has 0 aliphatic carbocycles. The van der Waals surface area contributed by atoms with Gasteiger partial charge in [0.25, 0.3) is 10.0 Å². The highest BCUT2D eigenvalue weighted by atomic mass is 32.2. The Kier molecular flexibility index (Phi) is 3.94. The van der Waals surface area contributed by atoms with E-state index in [4.69, 9.17) is 4.74 Å². The Morgan fingerprint density at radius 1 is 1.36 bits per heavy atom. The van der Waals surface area contributed by atoms with E-state index in [9.17, 15) is 8.42 Å². The zero-order valence-electron chi connectivity index (χ0n) is 12.4. The maximum atomic E-state index is 12.6. The number of ether oxygens (including phenoxy) is 1. The Labute approximate surface area is 128 Å². The van der Waals surface area contributed by atoms with Crippen LogP contribution < -0.4 is 0 Å². The van der Waals surface area contributed by atoms with Gasteiger partial charge < -0.3 is 9.30 Å². The number of aryl methyl sites for hydroxylation is 2. The molecule has 1 aliphatic heterocycles. The summed E-state index contributed by atoms with van der Waals surface area (Å²) < 4.78 is 33.8. The van der Waals surface area contributed by atoms with Crippen LogP contribution >= 0.6 is 0 Å². The third-order valence-electron chi connectivity index (χ3n) is 3.42. The maximum Gasteiger partial charge on any atom is 0.262 e. The summed E-state index contributed by atoms with van der Waals surface area (Å²) in [5.74, 6) is 0.501. The normalized spacial score (nSPS) is 20.2. The van der Waals surface area contributed by atoms with Crippen LogP contribution in [-0.4, -0.2) is 51.9 Å². The third-order valence-corrected chi connectivity index (χ3v) is 5.17. The van der Waals surface area contributed by atoms with Gasteiger partial charge in [0, 0.05) is 38.2 Å². The lowest BCUT2D eigenvalue weighted by molar-refractivity contribution is -0.00767. The molecule has 0 bridgehead atoms. The molecule has 0 saturated carbocycles. The summed E-state index contributed by atoms with van der Waals surface area (Å²) in [7, 11) is -1.90. The van der Waals surface area contributed by atoms with Gasteiger partial charge in [-0.2, -0.15) is 4.31 Å². The minimum Gasteiger partial charge on any atom is -0.367 e. The van der Waals surface area contributed by atoms with Crippen LogP contribution in [0.4, 0.5) is 0 Å². The van der Waals surface area contributed by atoms with E-state index in [1.807, 2.05) is 6.92 Å². The average molecular weight is 323 g/mol. The molecule has 1 fully saturated rings. The van der Waals surface area contributed by atoms with Crippen molar-refractivity contribution in [3.63, 3.8) is 0 Å². The molecule has 0 aromatic carbocycles. The third kappa shape index (κ3) is 2.87. The Morgan fingerprint density at radius 2 is 2.18 bits per heavy atom. The van der Waals surface area contributed by atoms with Crippen molar-refractivity contribution in [2.75, 3.05) is 19.7 Å². The molecular weight excluding hydrogens is 306 g/mol. The van der Waals surface area contributed by atoms with Gasteiger partial charge >= 0.3 is 0 Å². The Bertz CT molecular complexity index is 773. The second-order valence-corrected chi connectivity index (χ2v) is 7.04. The molecule has 0 radical (unpaired) electrons. The average Bonchev–Trinajstić information content (AvgIpc) is 2.95. The monoisotopic (exact) mass is 323 g/mol. The highest BCUT2D eigenvalue weighted by Gasteiger charge is 2.33. The van der Waals surface area contributed by atoms with Crippen LogP contribution in [0.1, 0.15) is 17.6 Å². The van der Waals surface area contributed by atoms with Crippen LogP contribution in [0.5, 0.6) is 0 Å². The number of hydrogen-bond donors (Lipinski definition) is 0. The lowest BCUT2D eigenvalue weighted by Crippen LogP contribution is -2.42. The zero-order valence-corrected chi connectivity index (χ0v) is 13.2. The molecule has 1 aliphatic rings. The summed E-state index contributed by atoms with van der Waals surface area (Å²) in [5, 5.41) is 0.0424. The van der Waals surface area contributed by atoms with Gasteiger partial charge in [0.15, 0.2) is 10.9 Å². The quantitative estimate of drug-likeness (QED) is 0.806. The minimum absolute atomic E-state index is 0.0424. The molecular formula is C13H17N5O3S. The molecule has 0 N–H and O–H groups in total. The van der Waals surface area contributed by atoms with E-state index < -0.39 is 16.1 Å². The lowest BCUT2D eigenvalue weighted by atomic mass is 10.3. The van der Waals surface area contributed by atoms with E-state index in [2.05, 4.69) is 15.0 Å². The predicted octanol–water partition coefficient (Wildman–Crippen LogP) is 0.281. The Hall–Kier alpha value is -1.84. The van der Waals surface area contributed by atoms with Gasteiger partial charge in [0.05, 0.1) is 12.9 Å². The lowest BCUT2D eigenvalue weighted by Gasteiger charge is -2.30. The molecule has 3 heterocycles. The number of sulfonamides is 1. The summed E-state index contributed by atoms with van der Waals surface area (Å²) in [4.78, 5) is 12.4. The summed E-state index contributed by atoms with van der Waals surface area (Å²) in [5.41, 5.74) is 0.818. The Morgan fingerprint density at radius 3 is 2.86 bits per heavy atom. The molecule has 0 amide bonds. The molecule has 3 rings (SSSR count). The van der Waals surface area contributed by atoms with Crippen molar-refractivity contribution in [2.45, 2.75) is 18.1 Å². The van der Waals surface area contributed by atoms with Crippen molar-refractivity contribution in [3.05, 3.63) is 36.3 Å². The van der Waals surface area contributed by atoms with Crippen LogP contribution in [0, 0.1) is 6.92 Å². The van der Waals surface area contributed by atoms with E-state index in [1.165, 1.54) is 16.8 Å². The standard InChI is InChI=1S/C13H17N5O3S/c1-10-3-4-14-13(16-10)11-7-18(5-6-21-11)22(19,20)12-8-17(2)9-15-12/h3-4,8-9,11H,5-7H2,1-2H3/t11-/m0/s1. The van der Waals surface area contributed by atoms with Gasteiger partial charge in [-0.05, 0) is 13.0 Å². The number of rotatable bonds is 3. The molecule has 1 atom stereocenters. The van der Waals surface area contributed by atoms with Crippen molar-refractivity contribution < 1.29 is 13.2 Å². The van der Waals surface area contributed by atoms with Crippen molar-refractivity contribution in [1.29, 1.82) is 0 Å². The maximum absolute atomic E-state index is 12.6. The van der Waals surface area contributed by atoms with Crippen molar-refractivity contribution in [2.24, 2.45) is 7.05 Å². The highest BCUT2D eigenvalue weighted by Crippen LogP contribution is 2.23. The van der Waals surface area contributed by atoms with Crippen LogP contribution in [0.25, 0.3) is 0 Å². The SMILES string of the molecule is Cc1ccnc([C@@H]2CN(S(=O)(=O)c3cn(C)cn3)CCO2)n1. The van der Waals surface area contributed by atoms with E-state index in [1.54, 1.807) is 23.9 Å². The van der Waals surface area contributed by atoms with Crippen molar-refractivity contribution in [1.82, 2.24) is 23.8 Å². The first-order chi connectivity index (χ1) is 10.5. The fraction of sp³-hybridized carbons (Fsp3) is 0.462. The number of aromatic nitrogens is 4. The second-order valence-electron chi connectivity index (χ2n) is 5.16. The number of morpholine rings is 1. The fourth-order valence-corrected chi connectivity index (χ4v) is 3.67.